The van der Waals surface area contributed by atoms with E-state index in [1.807, 2.05) is 32.0 Å². The van der Waals surface area contributed by atoms with Crippen molar-refractivity contribution in [2.75, 3.05) is 19.5 Å². The molecule has 0 radical (unpaired) electrons. The maximum absolute atomic E-state index is 12.6. The first-order chi connectivity index (χ1) is 13.3. The fourth-order valence-electron chi connectivity index (χ4n) is 2.38. The Hall–Kier alpha value is -2.94. The quantitative estimate of drug-likeness (QED) is 0.405. The number of halogens is 2. The van der Waals surface area contributed by atoms with E-state index in [-0.39, 0.29) is 17.2 Å². The molecule has 0 unspecified atom stereocenters. The van der Waals surface area contributed by atoms with Crippen LogP contribution in [0.1, 0.15) is 16.7 Å². The number of aryl methyl sites for hydroxylation is 1. The second kappa shape index (κ2) is 9.84. The minimum absolute atomic E-state index is 0.0946. The van der Waals surface area contributed by atoms with Crippen molar-refractivity contribution in [2.24, 2.45) is 5.10 Å². The lowest BCUT2D eigenvalue weighted by Gasteiger charge is -2.14. The van der Waals surface area contributed by atoms with Crippen LogP contribution < -0.4 is 25.0 Å². The maximum Gasteiger partial charge on any atom is 0.387 e. The Morgan fingerprint density at radius 2 is 1.79 bits per heavy atom. The number of nitrogens with one attached hydrogen (secondary N) is 2. The number of hydrogen-bond acceptors (Lipinski definition) is 5. The van der Waals surface area contributed by atoms with E-state index >= 15 is 0 Å². The lowest BCUT2D eigenvalue weighted by atomic mass is 10.1. The highest BCUT2D eigenvalue weighted by molar-refractivity contribution is 7.80. The highest BCUT2D eigenvalue weighted by atomic mass is 32.1. The molecule has 0 spiro atoms. The molecule has 2 aromatic carbocycles. The van der Waals surface area contributed by atoms with Gasteiger partial charge in [-0.25, -0.2) is 0 Å². The molecule has 0 amide bonds. The van der Waals surface area contributed by atoms with Gasteiger partial charge in [0.25, 0.3) is 0 Å². The largest absolute Gasteiger partial charge is 0.493 e. The highest BCUT2D eigenvalue weighted by Crippen LogP contribution is 2.39. The minimum atomic E-state index is -3.00. The average molecular weight is 409 g/mol. The first-order valence-corrected chi connectivity index (χ1v) is 8.63. The van der Waals surface area contributed by atoms with Crippen molar-refractivity contribution in [3.8, 4) is 17.2 Å². The van der Waals surface area contributed by atoms with Crippen molar-refractivity contribution in [3.05, 3.63) is 47.0 Å². The van der Waals surface area contributed by atoms with Gasteiger partial charge < -0.3 is 19.5 Å². The van der Waals surface area contributed by atoms with Crippen molar-refractivity contribution < 1.29 is 23.0 Å². The van der Waals surface area contributed by atoms with Gasteiger partial charge in [0, 0.05) is 11.3 Å². The average Bonchev–Trinajstić information content (AvgIpc) is 2.65. The molecule has 0 aliphatic rings. The molecule has 9 heteroatoms. The van der Waals surface area contributed by atoms with E-state index in [1.165, 1.54) is 32.6 Å². The number of ether oxygens (including phenoxy) is 3. The van der Waals surface area contributed by atoms with Crippen LogP contribution >= 0.6 is 12.2 Å². The Balaban J connectivity index is 2.11. The minimum Gasteiger partial charge on any atom is -0.493 e. The fourth-order valence-corrected chi connectivity index (χ4v) is 2.54. The number of alkyl halides is 2. The van der Waals surface area contributed by atoms with Crippen molar-refractivity contribution in [3.63, 3.8) is 0 Å². The lowest BCUT2D eigenvalue weighted by molar-refractivity contribution is -0.0526. The number of thiocarbonyl (C=S) groups is 1. The summed E-state index contributed by atoms with van der Waals surface area (Å²) in [4.78, 5) is 0. The van der Waals surface area contributed by atoms with E-state index in [2.05, 4.69) is 20.6 Å². The molecule has 28 heavy (non-hydrogen) atoms. The molecule has 0 aliphatic heterocycles. The number of nitrogens with zero attached hydrogens (tertiary/aromatic N) is 1. The van der Waals surface area contributed by atoms with Crippen molar-refractivity contribution in [1.29, 1.82) is 0 Å². The Kier molecular flexibility index (Phi) is 7.51. The molecule has 6 nitrogen and oxygen atoms in total. The number of rotatable bonds is 7. The number of hydrogen-bond donors (Lipinski definition) is 2. The molecule has 0 atom stereocenters. The number of benzene rings is 2. The van der Waals surface area contributed by atoms with Crippen molar-refractivity contribution in [1.82, 2.24) is 5.43 Å². The molecule has 0 aromatic heterocycles. The van der Waals surface area contributed by atoms with Gasteiger partial charge in [-0.05, 0) is 55.4 Å². The fraction of sp³-hybridized carbons (Fsp3) is 0.263. The van der Waals surface area contributed by atoms with E-state index in [0.717, 1.165) is 16.8 Å². The molecule has 0 aliphatic carbocycles. The van der Waals surface area contributed by atoms with Gasteiger partial charge in [-0.15, -0.1) is 0 Å². The summed E-state index contributed by atoms with van der Waals surface area (Å²) < 4.78 is 39.8. The summed E-state index contributed by atoms with van der Waals surface area (Å²) in [5.74, 6) is 0.00611. The van der Waals surface area contributed by atoms with Crippen LogP contribution in [0.2, 0.25) is 0 Å². The third-order valence-electron chi connectivity index (χ3n) is 3.92. The second-order valence-corrected chi connectivity index (χ2v) is 6.11. The summed E-state index contributed by atoms with van der Waals surface area (Å²) in [6.45, 7) is 1.00. The first kappa shape index (κ1) is 21.4. The third kappa shape index (κ3) is 5.53. The predicted molar refractivity (Wildman–Crippen MR) is 109 cm³/mol. The van der Waals surface area contributed by atoms with E-state index < -0.39 is 6.61 Å². The summed E-state index contributed by atoms with van der Waals surface area (Å²) >= 11 is 5.23. The zero-order valence-electron chi connectivity index (χ0n) is 15.9. The maximum atomic E-state index is 12.6. The summed E-state index contributed by atoms with van der Waals surface area (Å²) in [6.07, 6.45) is 1.45. The Labute approximate surface area is 167 Å². The van der Waals surface area contributed by atoms with Gasteiger partial charge in [0.2, 0.25) is 5.75 Å². The van der Waals surface area contributed by atoms with E-state index in [1.54, 1.807) is 0 Å². The van der Waals surface area contributed by atoms with Crippen LogP contribution in [0.15, 0.2) is 35.4 Å². The molecule has 2 N–H and O–H groups in total. The molecule has 0 saturated heterocycles. The number of hydrazone groups is 1. The summed E-state index contributed by atoms with van der Waals surface area (Å²) in [5, 5.41) is 7.43. The molecule has 2 aromatic rings. The molecule has 0 heterocycles. The SMILES string of the molecule is COc1cc(/C=N\NC(=S)Nc2cccc(C)c2C)cc(OC)c1OC(F)F. The van der Waals surface area contributed by atoms with E-state index in [4.69, 9.17) is 21.7 Å². The molecule has 0 saturated carbocycles. The molecule has 2 rings (SSSR count). The van der Waals surface area contributed by atoms with Crippen LogP contribution in [-0.2, 0) is 0 Å². The summed E-state index contributed by atoms with van der Waals surface area (Å²) in [5.41, 5.74) is 6.35. The summed E-state index contributed by atoms with van der Waals surface area (Å²) in [6, 6.07) is 8.84. The van der Waals surface area contributed by atoms with Crippen LogP contribution in [0, 0.1) is 13.8 Å². The third-order valence-corrected chi connectivity index (χ3v) is 4.12. The van der Waals surface area contributed by atoms with Crippen LogP contribution in [0.3, 0.4) is 0 Å². The standard InChI is InChI=1S/C19H21F2N3O3S/c1-11-6-5-7-14(12(11)2)23-19(28)24-22-10-13-8-15(25-3)17(27-18(20)21)16(9-13)26-4/h5-10,18H,1-4H3,(H2,23,24,28)/b22-10-. The lowest BCUT2D eigenvalue weighted by Crippen LogP contribution is -2.24. The second-order valence-electron chi connectivity index (χ2n) is 5.70. The molecule has 0 fully saturated rings. The van der Waals surface area contributed by atoms with Crippen LogP contribution in [0.5, 0.6) is 17.2 Å². The van der Waals surface area contributed by atoms with Crippen molar-refractivity contribution >= 4 is 29.2 Å². The number of anilines is 1. The van der Waals surface area contributed by atoms with Crippen LogP contribution in [0.25, 0.3) is 0 Å². The molecule has 0 bridgehead atoms. The monoisotopic (exact) mass is 409 g/mol. The smallest absolute Gasteiger partial charge is 0.387 e. The Morgan fingerprint density at radius 3 is 2.36 bits per heavy atom. The van der Waals surface area contributed by atoms with Gasteiger partial charge in [0.05, 0.1) is 20.4 Å². The van der Waals surface area contributed by atoms with Crippen LogP contribution in [-0.4, -0.2) is 32.2 Å². The van der Waals surface area contributed by atoms with E-state index in [0.29, 0.717) is 10.7 Å². The van der Waals surface area contributed by atoms with E-state index in [9.17, 15) is 8.78 Å². The van der Waals surface area contributed by atoms with Gasteiger partial charge >= 0.3 is 6.61 Å². The zero-order valence-corrected chi connectivity index (χ0v) is 16.7. The molecular weight excluding hydrogens is 388 g/mol. The predicted octanol–water partition coefficient (Wildman–Crippen LogP) is 4.24. The van der Waals surface area contributed by atoms with Crippen LogP contribution in [0.4, 0.5) is 14.5 Å². The molecular formula is C19H21F2N3O3S. The highest BCUT2D eigenvalue weighted by Gasteiger charge is 2.17. The Bertz CT molecular complexity index is 850. The first-order valence-electron chi connectivity index (χ1n) is 8.22. The number of methoxy groups -OCH3 is 2. The zero-order chi connectivity index (χ0) is 20.7. The van der Waals surface area contributed by atoms with Gasteiger partial charge in [-0.3, -0.25) is 5.43 Å². The topological polar surface area (TPSA) is 64.1 Å². The van der Waals surface area contributed by atoms with Gasteiger partial charge in [-0.1, -0.05) is 12.1 Å². The van der Waals surface area contributed by atoms with Gasteiger partial charge in [-0.2, -0.15) is 13.9 Å². The normalized spacial score (nSPS) is 10.8. The summed E-state index contributed by atoms with van der Waals surface area (Å²) in [7, 11) is 2.69. The van der Waals surface area contributed by atoms with Gasteiger partial charge in [0.1, 0.15) is 0 Å². The van der Waals surface area contributed by atoms with Gasteiger partial charge in [0.15, 0.2) is 16.6 Å². The molecule has 150 valence electrons. The van der Waals surface area contributed by atoms with Crippen molar-refractivity contribution in [2.45, 2.75) is 20.5 Å². The Morgan fingerprint density at radius 1 is 1.14 bits per heavy atom.